The van der Waals surface area contributed by atoms with Crippen molar-refractivity contribution < 1.29 is 0 Å². The Hall–Kier alpha value is -2.28. The third-order valence-corrected chi connectivity index (χ3v) is 5.31. The maximum Gasteiger partial charge on any atom is 0.0411 e. The van der Waals surface area contributed by atoms with Gasteiger partial charge in [0.05, 0.1) is 0 Å². The van der Waals surface area contributed by atoms with E-state index in [1.807, 2.05) is 0 Å². The second kappa shape index (κ2) is 6.55. The fourth-order valence-electron chi connectivity index (χ4n) is 3.84. The molecular weight excluding hydrogens is 302 g/mol. The summed E-state index contributed by atoms with van der Waals surface area (Å²) < 4.78 is 0. The van der Waals surface area contributed by atoms with E-state index < -0.39 is 0 Å². The largest absolute Gasteiger partial charge is 0.345 e. The number of benzene rings is 2. The Morgan fingerprint density at radius 3 is 2.32 bits per heavy atom. The van der Waals surface area contributed by atoms with Gasteiger partial charge in [-0.2, -0.15) is 0 Å². The lowest BCUT2D eigenvalue weighted by Gasteiger charge is -2.24. The van der Waals surface area contributed by atoms with Crippen LogP contribution in [0.1, 0.15) is 57.7 Å². The lowest BCUT2D eigenvalue weighted by Crippen LogP contribution is -2.14. The Labute approximate surface area is 152 Å². The number of hydrogen-bond donors (Lipinski definition) is 0. The van der Waals surface area contributed by atoms with Crippen molar-refractivity contribution in [3.63, 3.8) is 0 Å². The van der Waals surface area contributed by atoms with E-state index in [2.05, 4.69) is 101 Å². The van der Waals surface area contributed by atoms with Gasteiger partial charge < -0.3 is 4.90 Å². The van der Waals surface area contributed by atoms with Gasteiger partial charge in [0.25, 0.3) is 0 Å². The molecule has 130 valence electrons. The molecule has 0 fully saturated rings. The van der Waals surface area contributed by atoms with E-state index in [9.17, 15) is 0 Å². The fourth-order valence-corrected chi connectivity index (χ4v) is 3.84. The lowest BCUT2D eigenvalue weighted by molar-refractivity contribution is 0.683. The molecule has 0 saturated heterocycles. The zero-order valence-corrected chi connectivity index (χ0v) is 16.4. The molecule has 2 aromatic rings. The van der Waals surface area contributed by atoms with E-state index >= 15 is 0 Å². The Bertz CT molecular complexity index is 835. The summed E-state index contributed by atoms with van der Waals surface area (Å²) in [6, 6.07) is 15.7. The van der Waals surface area contributed by atoms with Gasteiger partial charge in [0, 0.05) is 23.8 Å². The van der Waals surface area contributed by atoms with Crippen LogP contribution in [0, 0.1) is 0 Å². The van der Waals surface area contributed by atoms with E-state index in [0.717, 1.165) is 6.42 Å². The van der Waals surface area contributed by atoms with Crippen LogP contribution >= 0.6 is 0 Å². The summed E-state index contributed by atoms with van der Waals surface area (Å²) in [6.07, 6.45) is 5.72. The van der Waals surface area contributed by atoms with Crippen LogP contribution in [0.3, 0.4) is 0 Å². The fraction of sp³-hybridized carbons (Fsp3) is 0.333. The lowest BCUT2D eigenvalue weighted by atomic mass is 9.87. The van der Waals surface area contributed by atoms with Crippen LogP contribution in [0.5, 0.6) is 0 Å². The summed E-state index contributed by atoms with van der Waals surface area (Å²) in [5, 5.41) is 0. The van der Waals surface area contributed by atoms with E-state index in [1.54, 1.807) is 0 Å². The highest BCUT2D eigenvalue weighted by Crippen LogP contribution is 2.42. The number of rotatable bonds is 4. The molecule has 0 aliphatic heterocycles. The summed E-state index contributed by atoms with van der Waals surface area (Å²) in [5.41, 5.74) is 9.41. The minimum atomic E-state index is 0.113. The number of hydrogen-bond acceptors (Lipinski definition) is 1. The van der Waals surface area contributed by atoms with Crippen molar-refractivity contribution >= 4 is 22.5 Å². The first-order valence-corrected chi connectivity index (χ1v) is 9.19. The van der Waals surface area contributed by atoms with Gasteiger partial charge in [-0.05, 0) is 72.4 Å². The van der Waals surface area contributed by atoms with E-state index in [1.165, 1.54) is 39.2 Å². The predicted molar refractivity (Wildman–Crippen MR) is 112 cm³/mol. The van der Waals surface area contributed by atoms with Crippen molar-refractivity contribution in [1.29, 1.82) is 0 Å². The standard InChI is InChI=1S/C24H29N/c1-7-8-17(2)19-9-11-20(12-10-19)25(6)21-13-14-22-18(3)16-24(4,5)23(22)15-21/h8-16H,7H2,1-6H3/b17-8+. The molecule has 1 aliphatic carbocycles. The topological polar surface area (TPSA) is 3.24 Å². The number of nitrogens with zero attached hydrogens (tertiary/aromatic N) is 1. The first-order chi connectivity index (χ1) is 11.8. The second-order valence-corrected chi connectivity index (χ2v) is 7.68. The van der Waals surface area contributed by atoms with Gasteiger partial charge in [-0.3, -0.25) is 0 Å². The zero-order chi connectivity index (χ0) is 18.2. The number of allylic oxidation sites excluding steroid dienone is 4. The van der Waals surface area contributed by atoms with Crippen LogP contribution < -0.4 is 4.90 Å². The van der Waals surface area contributed by atoms with E-state index in [0.29, 0.717) is 0 Å². The van der Waals surface area contributed by atoms with Gasteiger partial charge >= 0.3 is 0 Å². The molecule has 1 heteroatoms. The minimum absolute atomic E-state index is 0.113. The van der Waals surface area contributed by atoms with Gasteiger partial charge in [0.15, 0.2) is 0 Å². The predicted octanol–water partition coefficient (Wildman–Crippen LogP) is 6.96. The first kappa shape index (κ1) is 17.5. The molecule has 0 aromatic heterocycles. The highest BCUT2D eigenvalue weighted by Gasteiger charge is 2.28. The molecule has 0 atom stereocenters. The summed E-state index contributed by atoms with van der Waals surface area (Å²) in [7, 11) is 2.15. The van der Waals surface area contributed by atoms with Gasteiger partial charge in [0.1, 0.15) is 0 Å². The van der Waals surface area contributed by atoms with Crippen LogP contribution in [0.2, 0.25) is 0 Å². The highest BCUT2D eigenvalue weighted by atomic mass is 15.1. The summed E-state index contributed by atoms with van der Waals surface area (Å²) in [5.74, 6) is 0. The van der Waals surface area contributed by atoms with Crippen LogP contribution in [0.25, 0.3) is 11.1 Å². The molecule has 0 saturated carbocycles. The molecule has 0 amide bonds. The maximum absolute atomic E-state index is 2.37. The Morgan fingerprint density at radius 1 is 1.04 bits per heavy atom. The number of anilines is 2. The van der Waals surface area contributed by atoms with Crippen molar-refractivity contribution in [2.75, 3.05) is 11.9 Å². The van der Waals surface area contributed by atoms with Gasteiger partial charge in [0.2, 0.25) is 0 Å². The minimum Gasteiger partial charge on any atom is -0.345 e. The highest BCUT2D eigenvalue weighted by molar-refractivity contribution is 5.78. The van der Waals surface area contributed by atoms with Crippen molar-refractivity contribution in [1.82, 2.24) is 0 Å². The van der Waals surface area contributed by atoms with Crippen molar-refractivity contribution in [2.24, 2.45) is 0 Å². The molecule has 0 spiro atoms. The summed E-state index contributed by atoms with van der Waals surface area (Å²) in [4.78, 5) is 2.27. The first-order valence-electron chi connectivity index (χ1n) is 9.19. The SMILES string of the molecule is CC/C=C(\C)c1ccc(N(C)c2ccc3c(c2)C(C)(C)C=C3C)cc1. The summed E-state index contributed by atoms with van der Waals surface area (Å²) in [6.45, 7) is 11.2. The zero-order valence-electron chi connectivity index (χ0n) is 16.4. The molecule has 0 heterocycles. The Balaban J connectivity index is 1.90. The second-order valence-electron chi connectivity index (χ2n) is 7.68. The molecule has 0 radical (unpaired) electrons. The van der Waals surface area contributed by atoms with Crippen LogP contribution in [0.4, 0.5) is 11.4 Å². The van der Waals surface area contributed by atoms with Gasteiger partial charge in [-0.15, -0.1) is 0 Å². The smallest absolute Gasteiger partial charge is 0.0411 e. The molecule has 0 N–H and O–H groups in total. The van der Waals surface area contributed by atoms with Crippen LogP contribution in [0.15, 0.2) is 54.6 Å². The summed E-state index contributed by atoms with van der Waals surface area (Å²) >= 11 is 0. The quantitative estimate of drug-likeness (QED) is 0.585. The van der Waals surface area contributed by atoms with Crippen molar-refractivity contribution in [2.45, 2.75) is 46.5 Å². The monoisotopic (exact) mass is 331 g/mol. The molecule has 0 bridgehead atoms. The van der Waals surface area contributed by atoms with Crippen molar-refractivity contribution in [3.05, 3.63) is 71.3 Å². The molecule has 1 aliphatic rings. The molecule has 0 unspecified atom stereocenters. The van der Waals surface area contributed by atoms with Crippen LogP contribution in [-0.4, -0.2) is 7.05 Å². The average Bonchev–Trinajstić information content (AvgIpc) is 2.83. The van der Waals surface area contributed by atoms with E-state index in [4.69, 9.17) is 0 Å². The third-order valence-electron chi connectivity index (χ3n) is 5.31. The Kier molecular flexibility index (Phi) is 4.60. The molecule has 3 rings (SSSR count). The average molecular weight is 332 g/mol. The van der Waals surface area contributed by atoms with Gasteiger partial charge in [-0.25, -0.2) is 0 Å². The molecule has 2 aromatic carbocycles. The van der Waals surface area contributed by atoms with Crippen LogP contribution in [-0.2, 0) is 5.41 Å². The maximum atomic E-state index is 2.37. The Morgan fingerprint density at radius 2 is 1.68 bits per heavy atom. The normalized spacial score (nSPS) is 15.8. The van der Waals surface area contributed by atoms with Crippen molar-refractivity contribution in [3.8, 4) is 0 Å². The van der Waals surface area contributed by atoms with E-state index in [-0.39, 0.29) is 5.41 Å². The molecule has 1 nitrogen and oxygen atoms in total. The molecule has 25 heavy (non-hydrogen) atoms. The molecular formula is C24H29N. The third kappa shape index (κ3) is 3.28. The number of fused-ring (bicyclic) bond motifs is 1. The van der Waals surface area contributed by atoms with Gasteiger partial charge in [-0.1, -0.05) is 51.1 Å².